The van der Waals surface area contributed by atoms with Gasteiger partial charge in [0.2, 0.25) is 5.91 Å². The largest absolute Gasteiger partial charge is 0.343 e. The molecule has 1 aromatic heterocycles. The van der Waals surface area contributed by atoms with Crippen LogP contribution in [0.5, 0.6) is 0 Å². The van der Waals surface area contributed by atoms with E-state index in [1.165, 1.54) is 5.41 Å². The van der Waals surface area contributed by atoms with Crippen LogP contribution >= 0.6 is 0 Å². The molecule has 3 rings (SSSR count). The second-order valence-electron chi connectivity index (χ2n) is 7.11. The summed E-state index contributed by atoms with van der Waals surface area (Å²) in [5.41, 5.74) is 0. The summed E-state index contributed by atoms with van der Waals surface area (Å²) in [6.45, 7) is 4.65. The second-order valence-corrected chi connectivity index (χ2v) is 9.04. The van der Waals surface area contributed by atoms with Crippen molar-refractivity contribution in [2.75, 3.05) is 18.8 Å². The highest BCUT2D eigenvalue weighted by atomic mass is 32.2. The molecule has 2 aliphatic rings. The van der Waals surface area contributed by atoms with E-state index in [-0.39, 0.29) is 17.6 Å². The van der Waals surface area contributed by atoms with Crippen molar-refractivity contribution >= 4 is 15.7 Å². The number of aryl methyl sites for hydroxylation is 1. The summed E-state index contributed by atoms with van der Waals surface area (Å²) in [5, 5.41) is 1.24. The Morgan fingerprint density at radius 3 is 2.72 bits per heavy atom. The van der Waals surface area contributed by atoms with Crippen LogP contribution in [0.2, 0.25) is 0 Å². The Morgan fingerprint density at radius 1 is 1.32 bits per heavy atom. The fourth-order valence-electron chi connectivity index (χ4n) is 3.71. The number of nitrogens with zero attached hydrogens (tertiary/aromatic N) is 3. The smallest absolute Gasteiger partial charge is 0.223 e. The van der Waals surface area contributed by atoms with Gasteiger partial charge < -0.3 is 9.47 Å². The Morgan fingerprint density at radius 2 is 2.08 bits per heavy atom. The minimum absolute atomic E-state index is 0.0690. The molecule has 0 bridgehead atoms. The lowest BCUT2D eigenvalue weighted by Gasteiger charge is -2.32. The molecule has 6 nitrogen and oxygen atoms in total. The van der Waals surface area contributed by atoms with Gasteiger partial charge in [-0.25, -0.2) is 13.4 Å². The third-order valence-electron chi connectivity index (χ3n) is 5.15. The van der Waals surface area contributed by atoms with Gasteiger partial charge in [0.05, 0.1) is 5.75 Å². The van der Waals surface area contributed by atoms with E-state index in [9.17, 15) is 13.2 Å². The molecule has 1 saturated heterocycles. The van der Waals surface area contributed by atoms with Crippen molar-refractivity contribution in [3.8, 4) is 0 Å². The maximum Gasteiger partial charge on any atom is 0.223 e. The Balaban J connectivity index is 1.51. The molecule has 25 heavy (non-hydrogen) atoms. The zero-order valence-electron chi connectivity index (χ0n) is 14.8. The number of amides is 1. The number of carbonyl (C=O) groups is 1. The number of likely N-dealkylation sites (tertiary alicyclic amines) is 1. The monoisotopic (exact) mass is 365 g/mol. The van der Waals surface area contributed by atoms with Gasteiger partial charge in [0.25, 0.3) is 0 Å². The van der Waals surface area contributed by atoms with E-state index in [4.69, 9.17) is 0 Å². The third kappa shape index (κ3) is 4.51. The molecule has 0 aromatic carbocycles. The highest BCUT2D eigenvalue weighted by molar-refractivity contribution is 7.94. The molecule has 3 heterocycles. The number of carbonyl (C=O) groups excluding carboxylic acids is 1. The van der Waals surface area contributed by atoms with E-state index >= 15 is 0 Å². The molecule has 0 saturated carbocycles. The van der Waals surface area contributed by atoms with Crippen LogP contribution in [0.1, 0.15) is 50.8 Å². The first-order chi connectivity index (χ1) is 12.0. The second kappa shape index (κ2) is 7.72. The lowest BCUT2D eigenvalue weighted by Crippen LogP contribution is -2.39. The van der Waals surface area contributed by atoms with Gasteiger partial charge >= 0.3 is 0 Å². The SMILES string of the molecule is CCCCn1ccnc1C1CCN(C(=O)CC2C=CS(=O)(=O)C2)CC1. The number of sulfone groups is 1. The van der Waals surface area contributed by atoms with Crippen LogP contribution in [0.15, 0.2) is 23.9 Å². The van der Waals surface area contributed by atoms with Crippen LogP contribution in [-0.2, 0) is 21.2 Å². The summed E-state index contributed by atoms with van der Waals surface area (Å²) in [6, 6.07) is 0. The average Bonchev–Trinajstić information content (AvgIpc) is 3.19. The van der Waals surface area contributed by atoms with Crippen LogP contribution in [-0.4, -0.2) is 47.6 Å². The summed E-state index contributed by atoms with van der Waals surface area (Å²) in [7, 11) is -3.09. The molecule has 1 amide bonds. The van der Waals surface area contributed by atoms with E-state index in [1.54, 1.807) is 6.08 Å². The number of allylic oxidation sites excluding steroid dienone is 1. The normalized spacial score (nSPS) is 23.2. The predicted octanol–water partition coefficient (Wildman–Crippen LogP) is 2.34. The van der Waals surface area contributed by atoms with Crippen LogP contribution in [0.25, 0.3) is 0 Å². The number of piperidine rings is 1. The van der Waals surface area contributed by atoms with E-state index in [2.05, 4.69) is 22.7 Å². The van der Waals surface area contributed by atoms with Crippen molar-refractivity contribution in [3.63, 3.8) is 0 Å². The summed E-state index contributed by atoms with van der Waals surface area (Å²) >= 11 is 0. The van der Waals surface area contributed by atoms with Crippen molar-refractivity contribution in [3.05, 3.63) is 29.7 Å². The predicted molar refractivity (Wildman–Crippen MR) is 96.7 cm³/mol. The average molecular weight is 365 g/mol. The van der Waals surface area contributed by atoms with Crippen molar-refractivity contribution in [1.29, 1.82) is 0 Å². The quantitative estimate of drug-likeness (QED) is 0.776. The number of rotatable bonds is 6. The first kappa shape index (κ1) is 18.2. The van der Waals surface area contributed by atoms with E-state index in [0.717, 1.165) is 51.1 Å². The Hall–Kier alpha value is -1.63. The molecule has 7 heteroatoms. The van der Waals surface area contributed by atoms with Gasteiger partial charge in [-0.3, -0.25) is 4.79 Å². The van der Waals surface area contributed by atoms with Gasteiger partial charge in [-0.05, 0) is 19.3 Å². The van der Waals surface area contributed by atoms with Crippen molar-refractivity contribution in [2.24, 2.45) is 5.92 Å². The molecule has 1 fully saturated rings. The molecule has 1 aromatic rings. The molecule has 0 spiro atoms. The van der Waals surface area contributed by atoms with Gasteiger partial charge in [0.15, 0.2) is 9.84 Å². The number of imidazole rings is 1. The van der Waals surface area contributed by atoms with Gasteiger partial charge in [0, 0.05) is 55.7 Å². The lowest BCUT2D eigenvalue weighted by molar-refractivity contribution is -0.132. The maximum absolute atomic E-state index is 12.4. The van der Waals surface area contributed by atoms with E-state index < -0.39 is 9.84 Å². The van der Waals surface area contributed by atoms with Crippen molar-refractivity contribution < 1.29 is 13.2 Å². The number of hydrogen-bond acceptors (Lipinski definition) is 4. The fraction of sp³-hybridized carbons (Fsp3) is 0.667. The van der Waals surface area contributed by atoms with Gasteiger partial charge in [-0.2, -0.15) is 0 Å². The topological polar surface area (TPSA) is 72.3 Å². The summed E-state index contributed by atoms with van der Waals surface area (Å²) in [6.07, 6.45) is 10.0. The number of aromatic nitrogens is 2. The van der Waals surface area contributed by atoms with E-state index in [0.29, 0.717) is 12.3 Å². The van der Waals surface area contributed by atoms with Gasteiger partial charge in [-0.1, -0.05) is 19.4 Å². The van der Waals surface area contributed by atoms with Gasteiger partial charge in [0.1, 0.15) is 5.82 Å². The van der Waals surface area contributed by atoms with Crippen molar-refractivity contribution in [1.82, 2.24) is 14.5 Å². The molecule has 138 valence electrons. The Bertz CT molecular complexity index is 731. The van der Waals surface area contributed by atoms with Crippen LogP contribution < -0.4 is 0 Å². The van der Waals surface area contributed by atoms with Crippen molar-refractivity contribution in [2.45, 2.75) is 51.5 Å². The molecular weight excluding hydrogens is 338 g/mol. The molecule has 1 atom stereocenters. The molecule has 1 unspecified atom stereocenters. The summed E-state index contributed by atoms with van der Waals surface area (Å²) in [4.78, 5) is 18.9. The number of unbranched alkanes of at least 4 members (excludes halogenated alkanes) is 1. The van der Waals surface area contributed by atoms with Crippen LogP contribution in [0.3, 0.4) is 0 Å². The highest BCUT2D eigenvalue weighted by Crippen LogP contribution is 2.28. The molecule has 0 radical (unpaired) electrons. The minimum Gasteiger partial charge on any atom is -0.343 e. The molecular formula is C18H27N3O3S. The molecule has 2 aliphatic heterocycles. The maximum atomic E-state index is 12.4. The van der Waals surface area contributed by atoms with Crippen LogP contribution in [0.4, 0.5) is 0 Å². The molecule has 0 aliphatic carbocycles. The fourth-order valence-corrected chi connectivity index (χ4v) is 5.10. The lowest BCUT2D eigenvalue weighted by atomic mass is 9.95. The first-order valence-electron chi connectivity index (χ1n) is 9.18. The number of hydrogen-bond donors (Lipinski definition) is 0. The molecule has 0 N–H and O–H groups in total. The summed E-state index contributed by atoms with van der Waals surface area (Å²) < 4.78 is 25.2. The highest BCUT2D eigenvalue weighted by Gasteiger charge is 2.29. The Kier molecular flexibility index (Phi) is 5.61. The third-order valence-corrected chi connectivity index (χ3v) is 6.62. The minimum atomic E-state index is -3.09. The standard InChI is InChI=1S/C18H27N3O3S/c1-2-3-8-21-11-7-19-18(21)16-4-9-20(10-5-16)17(22)13-15-6-12-25(23,24)14-15/h6-7,11-12,15-16H,2-5,8-10,13-14H2,1H3. The zero-order chi connectivity index (χ0) is 17.9. The van der Waals surface area contributed by atoms with Gasteiger partial charge in [-0.15, -0.1) is 0 Å². The van der Waals surface area contributed by atoms with E-state index in [1.807, 2.05) is 11.1 Å². The Labute approximate surface area is 149 Å². The zero-order valence-corrected chi connectivity index (χ0v) is 15.6. The summed E-state index contributed by atoms with van der Waals surface area (Å²) in [5.74, 6) is 1.53. The first-order valence-corrected chi connectivity index (χ1v) is 10.9. The van der Waals surface area contributed by atoms with Crippen LogP contribution in [0, 0.1) is 5.92 Å².